The van der Waals surface area contributed by atoms with Crippen LogP contribution in [0.3, 0.4) is 0 Å². The minimum Gasteiger partial charge on any atom is -0.377 e. The standard InChI is InChI=1S/C13H23NO/c1-3-4-5-7-12(2)14-10-13-8-6-9-15-11-13/h3,8,12,14H,1,4-7,9-11H2,2H3. The van der Waals surface area contributed by atoms with Crippen molar-refractivity contribution in [2.75, 3.05) is 19.8 Å². The predicted octanol–water partition coefficient (Wildman–Crippen LogP) is 2.67. The van der Waals surface area contributed by atoms with E-state index in [0.29, 0.717) is 6.04 Å². The van der Waals surface area contributed by atoms with Gasteiger partial charge in [0.2, 0.25) is 0 Å². The first-order chi connectivity index (χ1) is 7.33. The molecule has 0 saturated carbocycles. The van der Waals surface area contributed by atoms with E-state index in [1.165, 1.54) is 18.4 Å². The molecule has 1 heterocycles. The predicted molar refractivity (Wildman–Crippen MR) is 65.0 cm³/mol. The summed E-state index contributed by atoms with van der Waals surface area (Å²) in [5.74, 6) is 0. The number of allylic oxidation sites excluding steroid dienone is 1. The zero-order valence-electron chi connectivity index (χ0n) is 9.80. The lowest BCUT2D eigenvalue weighted by molar-refractivity contribution is 0.148. The van der Waals surface area contributed by atoms with Gasteiger partial charge < -0.3 is 10.1 Å². The molecule has 0 fully saturated rings. The van der Waals surface area contributed by atoms with Crippen LogP contribution in [0.4, 0.5) is 0 Å². The van der Waals surface area contributed by atoms with Crippen LogP contribution in [0.15, 0.2) is 24.3 Å². The molecule has 1 atom stereocenters. The van der Waals surface area contributed by atoms with Crippen LogP contribution in [0.1, 0.15) is 32.6 Å². The SMILES string of the molecule is C=CCCCC(C)NCC1=CCCOC1. The Hall–Kier alpha value is -0.600. The Bertz CT molecular complexity index is 211. The molecule has 1 N–H and O–H groups in total. The van der Waals surface area contributed by atoms with Gasteiger partial charge in [-0.15, -0.1) is 6.58 Å². The van der Waals surface area contributed by atoms with E-state index in [1.54, 1.807) is 0 Å². The largest absolute Gasteiger partial charge is 0.377 e. The highest BCUT2D eigenvalue weighted by molar-refractivity contribution is 5.06. The highest BCUT2D eigenvalue weighted by Crippen LogP contribution is 2.06. The second-order valence-electron chi connectivity index (χ2n) is 4.21. The Morgan fingerprint density at radius 2 is 2.53 bits per heavy atom. The van der Waals surface area contributed by atoms with Gasteiger partial charge in [-0.2, -0.15) is 0 Å². The summed E-state index contributed by atoms with van der Waals surface area (Å²) in [6.07, 6.45) is 8.93. The first-order valence-corrected chi connectivity index (χ1v) is 5.93. The molecule has 0 spiro atoms. The molecule has 0 aromatic carbocycles. The van der Waals surface area contributed by atoms with Crippen LogP contribution in [-0.2, 0) is 4.74 Å². The minimum atomic E-state index is 0.591. The van der Waals surface area contributed by atoms with E-state index in [-0.39, 0.29) is 0 Å². The zero-order chi connectivity index (χ0) is 10.9. The van der Waals surface area contributed by atoms with Crippen LogP contribution < -0.4 is 5.32 Å². The van der Waals surface area contributed by atoms with Crippen LogP contribution in [0, 0.1) is 0 Å². The van der Waals surface area contributed by atoms with E-state index in [1.807, 2.05) is 6.08 Å². The third-order valence-electron chi connectivity index (χ3n) is 2.71. The molecule has 0 bridgehead atoms. The Morgan fingerprint density at radius 1 is 1.67 bits per heavy atom. The van der Waals surface area contributed by atoms with Crippen molar-refractivity contribution < 1.29 is 4.74 Å². The molecular weight excluding hydrogens is 186 g/mol. The van der Waals surface area contributed by atoms with Gasteiger partial charge in [-0.1, -0.05) is 12.2 Å². The van der Waals surface area contributed by atoms with Gasteiger partial charge in [0, 0.05) is 12.6 Å². The topological polar surface area (TPSA) is 21.3 Å². The fourth-order valence-electron chi connectivity index (χ4n) is 1.71. The smallest absolute Gasteiger partial charge is 0.0689 e. The van der Waals surface area contributed by atoms with Gasteiger partial charge in [-0.05, 0) is 38.2 Å². The fourth-order valence-corrected chi connectivity index (χ4v) is 1.71. The van der Waals surface area contributed by atoms with Crippen molar-refractivity contribution in [1.29, 1.82) is 0 Å². The summed E-state index contributed by atoms with van der Waals surface area (Å²) in [6.45, 7) is 8.65. The molecule has 1 aliphatic rings. The first-order valence-electron chi connectivity index (χ1n) is 5.93. The van der Waals surface area contributed by atoms with Crippen LogP contribution in [-0.4, -0.2) is 25.8 Å². The molecule has 86 valence electrons. The third kappa shape index (κ3) is 5.75. The molecule has 0 radical (unpaired) electrons. The van der Waals surface area contributed by atoms with Gasteiger partial charge in [0.15, 0.2) is 0 Å². The lowest BCUT2D eigenvalue weighted by Gasteiger charge is -2.17. The monoisotopic (exact) mass is 209 g/mol. The van der Waals surface area contributed by atoms with E-state index in [4.69, 9.17) is 4.74 Å². The summed E-state index contributed by atoms with van der Waals surface area (Å²) in [6, 6.07) is 0.591. The highest BCUT2D eigenvalue weighted by atomic mass is 16.5. The van der Waals surface area contributed by atoms with Gasteiger partial charge in [0.1, 0.15) is 0 Å². The average Bonchev–Trinajstić information content (AvgIpc) is 2.28. The lowest BCUT2D eigenvalue weighted by atomic mass is 10.1. The van der Waals surface area contributed by atoms with Crippen LogP contribution in [0.5, 0.6) is 0 Å². The summed E-state index contributed by atoms with van der Waals surface area (Å²) < 4.78 is 5.39. The summed E-state index contributed by atoms with van der Waals surface area (Å²) in [4.78, 5) is 0. The normalized spacial score (nSPS) is 18.3. The molecule has 0 amide bonds. The summed E-state index contributed by atoms with van der Waals surface area (Å²) in [5, 5.41) is 3.53. The second-order valence-corrected chi connectivity index (χ2v) is 4.21. The number of ether oxygens (including phenoxy) is 1. The van der Waals surface area contributed by atoms with Crippen molar-refractivity contribution in [2.45, 2.75) is 38.6 Å². The average molecular weight is 209 g/mol. The molecule has 1 unspecified atom stereocenters. The Kier molecular flexibility index (Phi) is 6.37. The lowest BCUT2D eigenvalue weighted by Crippen LogP contribution is -2.29. The molecule has 0 aromatic rings. The van der Waals surface area contributed by atoms with Crippen molar-refractivity contribution in [2.24, 2.45) is 0 Å². The highest BCUT2D eigenvalue weighted by Gasteiger charge is 2.05. The Morgan fingerprint density at radius 3 is 3.20 bits per heavy atom. The van der Waals surface area contributed by atoms with Crippen LogP contribution >= 0.6 is 0 Å². The molecule has 2 heteroatoms. The minimum absolute atomic E-state index is 0.591. The summed E-state index contributed by atoms with van der Waals surface area (Å²) in [7, 11) is 0. The molecular formula is C13H23NO. The molecule has 1 rings (SSSR count). The Balaban J connectivity index is 2.07. The van der Waals surface area contributed by atoms with Gasteiger partial charge in [0.05, 0.1) is 13.2 Å². The van der Waals surface area contributed by atoms with Crippen molar-refractivity contribution >= 4 is 0 Å². The second kappa shape index (κ2) is 7.66. The number of hydrogen-bond donors (Lipinski definition) is 1. The fraction of sp³-hybridized carbons (Fsp3) is 0.692. The van der Waals surface area contributed by atoms with Crippen LogP contribution in [0.25, 0.3) is 0 Å². The zero-order valence-corrected chi connectivity index (χ0v) is 9.80. The van der Waals surface area contributed by atoms with Crippen LogP contribution in [0.2, 0.25) is 0 Å². The molecule has 0 aliphatic carbocycles. The van der Waals surface area contributed by atoms with Crippen molar-refractivity contribution in [1.82, 2.24) is 5.32 Å². The van der Waals surface area contributed by atoms with E-state index in [2.05, 4.69) is 24.9 Å². The maximum absolute atomic E-state index is 5.39. The Labute approximate surface area is 93.4 Å². The van der Waals surface area contributed by atoms with Crippen molar-refractivity contribution in [3.05, 3.63) is 24.3 Å². The number of hydrogen-bond acceptors (Lipinski definition) is 2. The van der Waals surface area contributed by atoms with E-state index in [0.717, 1.165) is 32.6 Å². The molecule has 15 heavy (non-hydrogen) atoms. The summed E-state index contributed by atoms with van der Waals surface area (Å²) >= 11 is 0. The van der Waals surface area contributed by atoms with Gasteiger partial charge in [-0.3, -0.25) is 0 Å². The van der Waals surface area contributed by atoms with E-state index >= 15 is 0 Å². The van der Waals surface area contributed by atoms with Gasteiger partial charge >= 0.3 is 0 Å². The van der Waals surface area contributed by atoms with Crippen molar-refractivity contribution in [3.63, 3.8) is 0 Å². The van der Waals surface area contributed by atoms with E-state index in [9.17, 15) is 0 Å². The van der Waals surface area contributed by atoms with Crippen molar-refractivity contribution in [3.8, 4) is 0 Å². The maximum Gasteiger partial charge on any atom is 0.0689 e. The molecule has 0 saturated heterocycles. The summed E-state index contributed by atoms with van der Waals surface area (Å²) in [5.41, 5.74) is 1.40. The quantitative estimate of drug-likeness (QED) is 0.514. The first kappa shape index (κ1) is 12.5. The maximum atomic E-state index is 5.39. The number of nitrogens with one attached hydrogen (secondary N) is 1. The number of rotatable bonds is 7. The molecule has 0 aromatic heterocycles. The number of unbranched alkanes of at least 4 members (excludes halogenated alkanes) is 1. The molecule has 2 nitrogen and oxygen atoms in total. The third-order valence-corrected chi connectivity index (χ3v) is 2.71. The van der Waals surface area contributed by atoms with E-state index < -0.39 is 0 Å². The van der Waals surface area contributed by atoms with Gasteiger partial charge in [0.25, 0.3) is 0 Å². The van der Waals surface area contributed by atoms with Gasteiger partial charge in [-0.25, -0.2) is 0 Å². The molecule has 1 aliphatic heterocycles.